The molecule has 1 aliphatic heterocycles. The number of carbonyl (C=O) groups excluding carboxylic acids is 1. The lowest BCUT2D eigenvalue weighted by molar-refractivity contribution is -0.131. The lowest BCUT2D eigenvalue weighted by Gasteiger charge is -2.32. The summed E-state index contributed by atoms with van der Waals surface area (Å²) in [4.78, 5) is 17.3. The van der Waals surface area contributed by atoms with E-state index in [1.165, 1.54) is 18.2 Å². The highest BCUT2D eigenvalue weighted by Gasteiger charge is 2.28. The number of benzene rings is 3. The van der Waals surface area contributed by atoms with Gasteiger partial charge < -0.3 is 10.0 Å². The van der Waals surface area contributed by atoms with Crippen LogP contribution < -0.4 is 4.72 Å². The molecule has 0 saturated carbocycles. The Bertz CT molecular complexity index is 1350. The molecule has 3 aromatic rings. The number of likely N-dealkylation sites (tertiary alicyclic amines) is 1. The maximum Gasteiger partial charge on any atom is 0.261 e. The monoisotopic (exact) mass is 561 g/mol. The fraction of sp³-hybridized carbons (Fsp3) is 0.296. The second-order valence-corrected chi connectivity index (χ2v) is 11.6. The number of likely N-dealkylation sites (N-methyl/N-ethyl adjacent to an activating group) is 1. The molecule has 7 nitrogen and oxygen atoms in total. The molecule has 0 aliphatic carbocycles. The maximum absolute atomic E-state index is 13.5. The number of hydrogen-bond donors (Lipinski definition) is 2. The van der Waals surface area contributed by atoms with E-state index >= 15 is 0 Å². The summed E-state index contributed by atoms with van der Waals surface area (Å²) in [5.41, 5.74) is 1.86. The number of rotatable bonds is 9. The second kappa shape index (κ2) is 11.8. The lowest BCUT2D eigenvalue weighted by atomic mass is 10.0. The van der Waals surface area contributed by atoms with Crippen LogP contribution in [0.3, 0.4) is 0 Å². The van der Waals surface area contributed by atoms with Gasteiger partial charge in [-0.2, -0.15) is 0 Å². The van der Waals surface area contributed by atoms with Crippen LogP contribution in [0, 0.1) is 0 Å². The van der Waals surface area contributed by atoms with Crippen molar-refractivity contribution in [2.45, 2.75) is 29.9 Å². The van der Waals surface area contributed by atoms with Gasteiger partial charge in [0, 0.05) is 26.7 Å². The van der Waals surface area contributed by atoms with Crippen molar-refractivity contribution in [1.82, 2.24) is 9.80 Å². The van der Waals surface area contributed by atoms with Gasteiger partial charge in [0.05, 0.1) is 39.2 Å². The third-order valence-corrected chi connectivity index (χ3v) is 8.63. The van der Waals surface area contributed by atoms with Gasteiger partial charge >= 0.3 is 0 Å². The van der Waals surface area contributed by atoms with Crippen LogP contribution in [0.5, 0.6) is 0 Å². The number of amides is 1. The number of sulfonamides is 1. The van der Waals surface area contributed by atoms with Crippen molar-refractivity contribution in [1.29, 1.82) is 0 Å². The smallest absolute Gasteiger partial charge is 0.261 e. The number of aliphatic hydroxyl groups is 1. The predicted octanol–water partition coefficient (Wildman–Crippen LogP) is 4.60. The largest absolute Gasteiger partial charge is 0.392 e. The summed E-state index contributed by atoms with van der Waals surface area (Å²) in [5, 5.41) is 10.4. The first kappa shape index (κ1) is 27.4. The molecule has 0 spiro atoms. The number of nitrogens with zero attached hydrogens (tertiary/aromatic N) is 2. The van der Waals surface area contributed by atoms with Gasteiger partial charge in [-0.25, -0.2) is 8.42 Å². The van der Waals surface area contributed by atoms with E-state index < -0.39 is 10.0 Å². The third-order valence-electron chi connectivity index (χ3n) is 6.53. The zero-order valence-electron chi connectivity index (χ0n) is 20.3. The number of hydrogen-bond acceptors (Lipinski definition) is 5. The highest BCUT2D eigenvalue weighted by atomic mass is 35.5. The van der Waals surface area contributed by atoms with Crippen molar-refractivity contribution < 1.29 is 18.3 Å². The first-order valence-electron chi connectivity index (χ1n) is 11.9. The molecule has 4 rings (SSSR count). The van der Waals surface area contributed by atoms with Crippen LogP contribution in [-0.2, 0) is 21.2 Å². The van der Waals surface area contributed by atoms with Crippen molar-refractivity contribution in [2.75, 3.05) is 31.4 Å². The summed E-state index contributed by atoms with van der Waals surface area (Å²) in [6.07, 6.45) is 0.362. The molecule has 3 aromatic carbocycles. The van der Waals surface area contributed by atoms with Gasteiger partial charge in [0.1, 0.15) is 0 Å². The molecule has 2 atom stereocenters. The van der Waals surface area contributed by atoms with Gasteiger partial charge in [-0.05, 0) is 41.8 Å². The molecule has 1 aliphatic rings. The predicted molar refractivity (Wildman–Crippen MR) is 146 cm³/mol. The van der Waals surface area contributed by atoms with Crippen LogP contribution in [0.15, 0.2) is 77.7 Å². The van der Waals surface area contributed by atoms with Gasteiger partial charge in [0.15, 0.2) is 0 Å². The van der Waals surface area contributed by atoms with Gasteiger partial charge in [-0.15, -0.1) is 0 Å². The average molecular weight is 563 g/mol. The molecule has 2 N–H and O–H groups in total. The van der Waals surface area contributed by atoms with E-state index in [0.717, 1.165) is 12.1 Å². The third kappa shape index (κ3) is 6.83. The maximum atomic E-state index is 13.5. The molecule has 1 amide bonds. The zero-order valence-corrected chi connectivity index (χ0v) is 22.7. The number of para-hydroxylation sites is 1. The summed E-state index contributed by atoms with van der Waals surface area (Å²) < 4.78 is 28.6. The van der Waals surface area contributed by atoms with E-state index in [0.29, 0.717) is 30.8 Å². The quantitative estimate of drug-likeness (QED) is 0.398. The number of aliphatic hydroxyl groups excluding tert-OH is 1. The minimum Gasteiger partial charge on any atom is -0.392 e. The SMILES string of the molecule is CN(C(=O)Cc1ccccc1NS(=O)(=O)c1ccc(Cl)c(Cl)c1)[C@H](CN1CC[C@H](O)C1)c1ccccc1. The molecule has 37 heavy (non-hydrogen) atoms. The Kier molecular flexibility index (Phi) is 8.77. The Balaban J connectivity index is 1.54. The minimum absolute atomic E-state index is 0.00251. The Labute approximate surface area is 227 Å². The van der Waals surface area contributed by atoms with E-state index in [4.69, 9.17) is 23.2 Å². The van der Waals surface area contributed by atoms with Crippen molar-refractivity contribution in [3.05, 3.63) is 94.0 Å². The van der Waals surface area contributed by atoms with E-state index in [2.05, 4.69) is 9.62 Å². The lowest BCUT2D eigenvalue weighted by Crippen LogP contribution is -2.39. The standard InChI is InChI=1S/C27H29Cl2N3O4S/c1-31(26(19-7-3-2-4-8-19)18-32-14-13-21(33)17-32)27(34)15-20-9-5-6-10-25(20)30-37(35,36)22-11-12-23(28)24(29)16-22/h2-12,16,21,26,30,33H,13-15,17-18H2,1H3/t21-,26+/m0/s1. The number of halogens is 2. The molecule has 1 heterocycles. The van der Waals surface area contributed by atoms with Crippen LogP contribution >= 0.6 is 23.2 Å². The first-order valence-corrected chi connectivity index (χ1v) is 14.1. The highest BCUT2D eigenvalue weighted by molar-refractivity contribution is 7.92. The summed E-state index contributed by atoms with van der Waals surface area (Å²) >= 11 is 11.9. The Hall–Kier alpha value is -2.62. The molecule has 1 fully saturated rings. The van der Waals surface area contributed by atoms with E-state index in [1.807, 2.05) is 30.3 Å². The van der Waals surface area contributed by atoms with Crippen LogP contribution in [0.1, 0.15) is 23.6 Å². The fourth-order valence-electron chi connectivity index (χ4n) is 4.43. The summed E-state index contributed by atoms with van der Waals surface area (Å²) in [6.45, 7) is 1.94. The molecular weight excluding hydrogens is 533 g/mol. The molecule has 0 bridgehead atoms. The van der Waals surface area contributed by atoms with Crippen LogP contribution in [0.25, 0.3) is 0 Å². The van der Waals surface area contributed by atoms with E-state index in [1.54, 1.807) is 36.2 Å². The van der Waals surface area contributed by atoms with Gasteiger partial charge in [0.2, 0.25) is 5.91 Å². The van der Waals surface area contributed by atoms with Crippen molar-refractivity contribution >= 4 is 44.8 Å². The summed E-state index contributed by atoms with van der Waals surface area (Å²) in [7, 11) is -2.20. The number of carbonyl (C=O) groups is 1. The summed E-state index contributed by atoms with van der Waals surface area (Å²) in [5.74, 6) is -0.158. The van der Waals surface area contributed by atoms with Crippen LogP contribution in [0.2, 0.25) is 10.0 Å². The zero-order chi connectivity index (χ0) is 26.6. The van der Waals surface area contributed by atoms with Crippen molar-refractivity contribution in [3.63, 3.8) is 0 Å². The van der Waals surface area contributed by atoms with Gasteiger partial charge in [-0.3, -0.25) is 14.4 Å². The molecule has 10 heteroatoms. The molecule has 1 saturated heterocycles. The number of nitrogens with one attached hydrogen (secondary N) is 1. The minimum atomic E-state index is -3.96. The van der Waals surface area contributed by atoms with Crippen molar-refractivity contribution in [3.8, 4) is 0 Å². The molecule has 0 unspecified atom stereocenters. The Morgan fingerprint density at radius 1 is 1.08 bits per heavy atom. The Morgan fingerprint density at radius 2 is 1.78 bits per heavy atom. The Morgan fingerprint density at radius 3 is 2.46 bits per heavy atom. The fourth-order valence-corrected chi connectivity index (χ4v) is 5.92. The van der Waals surface area contributed by atoms with Crippen LogP contribution in [-0.4, -0.2) is 62.0 Å². The van der Waals surface area contributed by atoms with Gasteiger partial charge in [0.25, 0.3) is 10.0 Å². The molecule has 0 aromatic heterocycles. The second-order valence-electron chi connectivity index (χ2n) is 9.15. The molecule has 196 valence electrons. The average Bonchev–Trinajstić information content (AvgIpc) is 3.29. The topological polar surface area (TPSA) is 90.0 Å². The van der Waals surface area contributed by atoms with E-state index in [-0.39, 0.29) is 39.4 Å². The normalized spacial score (nSPS) is 16.9. The highest BCUT2D eigenvalue weighted by Crippen LogP contribution is 2.28. The number of β-amino-alcohol motifs (C(OH)–C–C–N with tert-alkyl or cyclic N) is 1. The number of anilines is 1. The van der Waals surface area contributed by atoms with Crippen molar-refractivity contribution in [2.24, 2.45) is 0 Å². The van der Waals surface area contributed by atoms with Gasteiger partial charge in [-0.1, -0.05) is 71.7 Å². The first-order chi connectivity index (χ1) is 17.6. The molecular formula is C27H29Cl2N3O4S. The van der Waals surface area contributed by atoms with E-state index in [9.17, 15) is 18.3 Å². The summed E-state index contributed by atoms with van der Waals surface area (Å²) in [6, 6.07) is 20.5. The molecule has 0 radical (unpaired) electrons. The van der Waals surface area contributed by atoms with Crippen LogP contribution in [0.4, 0.5) is 5.69 Å².